The highest BCUT2D eigenvalue weighted by Gasteiger charge is 2.28. The lowest BCUT2D eigenvalue weighted by atomic mass is 10.0. The van der Waals surface area contributed by atoms with Crippen molar-refractivity contribution in [2.24, 2.45) is 0 Å². The predicted molar refractivity (Wildman–Crippen MR) is 92.0 cm³/mol. The summed E-state index contributed by atoms with van der Waals surface area (Å²) in [6.45, 7) is 3.77. The molecule has 1 aromatic heterocycles. The molecular formula is C15H17BrClFN2S. The highest BCUT2D eigenvalue weighted by Crippen LogP contribution is 2.37. The Labute approximate surface area is 142 Å². The maximum atomic E-state index is 14.4. The van der Waals surface area contributed by atoms with Gasteiger partial charge in [-0.3, -0.25) is 4.90 Å². The van der Waals surface area contributed by atoms with Gasteiger partial charge in [-0.05, 0) is 23.6 Å². The summed E-state index contributed by atoms with van der Waals surface area (Å²) in [5.41, 5.74) is 0.747. The maximum Gasteiger partial charge on any atom is 0.129 e. The van der Waals surface area contributed by atoms with Gasteiger partial charge < -0.3 is 5.32 Å². The molecule has 0 spiro atoms. The molecule has 0 aliphatic carbocycles. The Kier molecular flexibility index (Phi) is 6.20. The monoisotopic (exact) mass is 390 g/mol. The van der Waals surface area contributed by atoms with E-state index in [4.69, 9.17) is 0 Å². The molecule has 1 atom stereocenters. The molecule has 1 fully saturated rings. The number of piperazine rings is 1. The molecule has 0 saturated carbocycles. The number of halogens is 3. The molecule has 2 nitrogen and oxygen atoms in total. The van der Waals surface area contributed by atoms with E-state index in [0.717, 1.165) is 36.2 Å². The van der Waals surface area contributed by atoms with Gasteiger partial charge in [-0.2, -0.15) is 0 Å². The standard InChI is InChI=1S/C15H16BrFN2S.ClH/c16-11-3-1-4-12(17)14(11)15(13-5-2-10-20-13)19-8-6-18-7-9-19;/h1-5,10,15,18H,6-9H2;1H/t15-;/m1./s1. The number of hydrogen-bond acceptors (Lipinski definition) is 3. The van der Waals surface area contributed by atoms with Crippen molar-refractivity contribution in [2.75, 3.05) is 26.2 Å². The van der Waals surface area contributed by atoms with Crippen LogP contribution in [0.15, 0.2) is 40.2 Å². The third kappa shape index (κ3) is 3.66. The maximum absolute atomic E-state index is 14.4. The van der Waals surface area contributed by atoms with Crippen molar-refractivity contribution < 1.29 is 4.39 Å². The van der Waals surface area contributed by atoms with Gasteiger partial charge in [0, 0.05) is 41.1 Å². The van der Waals surface area contributed by atoms with E-state index in [2.05, 4.69) is 37.6 Å². The summed E-state index contributed by atoms with van der Waals surface area (Å²) in [7, 11) is 0. The molecule has 114 valence electrons. The fourth-order valence-corrected chi connectivity index (χ4v) is 4.09. The molecule has 1 N–H and O–H groups in total. The molecule has 2 aromatic rings. The summed E-state index contributed by atoms with van der Waals surface area (Å²) in [6, 6.07) is 9.32. The average molecular weight is 392 g/mol. The van der Waals surface area contributed by atoms with Gasteiger partial charge in [0.2, 0.25) is 0 Å². The van der Waals surface area contributed by atoms with Gasteiger partial charge in [-0.25, -0.2) is 4.39 Å². The Bertz CT molecular complexity index is 553. The van der Waals surface area contributed by atoms with E-state index >= 15 is 0 Å². The van der Waals surface area contributed by atoms with Crippen molar-refractivity contribution in [1.29, 1.82) is 0 Å². The molecule has 3 rings (SSSR count). The number of nitrogens with zero attached hydrogens (tertiary/aromatic N) is 1. The number of hydrogen-bond donors (Lipinski definition) is 1. The Morgan fingerprint density at radius 2 is 1.95 bits per heavy atom. The zero-order valence-corrected chi connectivity index (χ0v) is 14.6. The van der Waals surface area contributed by atoms with Gasteiger partial charge in [0.1, 0.15) is 5.82 Å². The van der Waals surface area contributed by atoms with Gasteiger partial charge in [-0.15, -0.1) is 23.7 Å². The van der Waals surface area contributed by atoms with Crippen molar-refractivity contribution in [2.45, 2.75) is 6.04 Å². The molecule has 1 aliphatic rings. The van der Waals surface area contributed by atoms with Crippen LogP contribution in [0.4, 0.5) is 4.39 Å². The summed E-state index contributed by atoms with van der Waals surface area (Å²) < 4.78 is 15.2. The predicted octanol–water partition coefficient (Wildman–Crippen LogP) is 4.07. The van der Waals surface area contributed by atoms with Crippen LogP contribution in [-0.4, -0.2) is 31.1 Å². The molecule has 0 unspecified atom stereocenters. The van der Waals surface area contributed by atoms with E-state index < -0.39 is 0 Å². The van der Waals surface area contributed by atoms with Crippen molar-refractivity contribution in [1.82, 2.24) is 10.2 Å². The van der Waals surface area contributed by atoms with E-state index in [9.17, 15) is 4.39 Å². The van der Waals surface area contributed by atoms with Crippen LogP contribution in [0.25, 0.3) is 0 Å². The van der Waals surface area contributed by atoms with Crippen LogP contribution in [0, 0.1) is 5.82 Å². The SMILES string of the molecule is Cl.Fc1cccc(Br)c1[C@@H](c1cccs1)N1CCNCC1. The second-order valence-corrected chi connectivity index (χ2v) is 6.67. The third-order valence-corrected chi connectivity index (χ3v) is 5.22. The van der Waals surface area contributed by atoms with E-state index in [1.165, 1.54) is 4.88 Å². The second-order valence-electron chi connectivity index (χ2n) is 4.84. The molecule has 21 heavy (non-hydrogen) atoms. The Balaban J connectivity index is 0.00000161. The van der Waals surface area contributed by atoms with Crippen LogP contribution in [-0.2, 0) is 0 Å². The zero-order valence-electron chi connectivity index (χ0n) is 11.4. The molecule has 1 aromatic carbocycles. The summed E-state index contributed by atoms with van der Waals surface area (Å²) in [5.74, 6) is -0.142. The second kappa shape index (κ2) is 7.70. The average Bonchev–Trinajstić information content (AvgIpc) is 2.98. The topological polar surface area (TPSA) is 15.3 Å². The van der Waals surface area contributed by atoms with Crippen molar-refractivity contribution in [3.63, 3.8) is 0 Å². The Morgan fingerprint density at radius 1 is 1.19 bits per heavy atom. The van der Waals surface area contributed by atoms with Gasteiger partial charge >= 0.3 is 0 Å². The third-order valence-electron chi connectivity index (χ3n) is 3.60. The molecule has 1 saturated heterocycles. The van der Waals surface area contributed by atoms with E-state index in [1.54, 1.807) is 23.5 Å². The fourth-order valence-electron chi connectivity index (χ4n) is 2.66. The number of nitrogens with one attached hydrogen (secondary N) is 1. The lowest BCUT2D eigenvalue weighted by molar-refractivity contribution is 0.197. The molecule has 1 aliphatic heterocycles. The van der Waals surface area contributed by atoms with Crippen molar-refractivity contribution in [3.05, 3.63) is 56.4 Å². The van der Waals surface area contributed by atoms with Crippen molar-refractivity contribution in [3.8, 4) is 0 Å². The summed E-state index contributed by atoms with van der Waals surface area (Å²) >= 11 is 5.21. The van der Waals surface area contributed by atoms with Crippen molar-refractivity contribution >= 4 is 39.7 Å². The quantitative estimate of drug-likeness (QED) is 0.848. The number of benzene rings is 1. The lowest BCUT2D eigenvalue weighted by Gasteiger charge is -2.35. The molecule has 6 heteroatoms. The fraction of sp³-hybridized carbons (Fsp3) is 0.333. The highest BCUT2D eigenvalue weighted by molar-refractivity contribution is 9.10. The summed E-state index contributed by atoms with van der Waals surface area (Å²) in [5, 5.41) is 5.41. The van der Waals surface area contributed by atoms with Gasteiger partial charge in [-0.1, -0.05) is 28.1 Å². The van der Waals surface area contributed by atoms with Crippen LogP contribution in [0.5, 0.6) is 0 Å². The molecule has 0 radical (unpaired) electrons. The molecule has 0 amide bonds. The zero-order chi connectivity index (χ0) is 13.9. The van der Waals surface area contributed by atoms with E-state index in [0.29, 0.717) is 0 Å². The first-order valence-electron chi connectivity index (χ1n) is 6.69. The van der Waals surface area contributed by atoms with Gasteiger partial charge in [0.25, 0.3) is 0 Å². The summed E-state index contributed by atoms with van der Waals surface area (Å²) in [4.78, 5) is 3.54. The molecule has 2 heterocycles. The Hall–Kier alpha value is -0.460. The first-order chi connectivity index (χ1) is 9.77. The normalized spacial score (nSPS) is 17.2. The first-order valence-corrected chi connectivity index (χ1v) is 8.36. The first kappa shape index (κ1) is 16.9. The molecule has 0 bridgehead atoms. The van der Waals surface area contributed by atoms with E-state index in [1.807, 2.05) is 12.1 Å². The van der Waals surface area contributed by atoms with Gasteiger partial charge in [0.15, 0.2) is 0 Å². The summed E-state index contributed by atoms with van der Waals surface area (Å²) in [6.07, 6.45) is 0. The minimum atomic E-state index is -0.142. The van der Waals surface area contributed by atoms with Gasteiger partial charge in [0.05, 0.1) is 6.04 Å². The Morgan fingerprint density at radius 3 is 2.57 bits per heavy atom. The minimum Gasteiger partial charge on any atom is -0.314 e. The number of thiophene rings is 1. The van der Waals surface area contributed by atoms with Crippen LogP contribution in [0.3, 0.4) is 0 Å². The van der Waals surface area contributed by atoms with E-state index in [-0.39, 0.29) is 24.3 Å². The van der Waals surface area contributed by atoms with Crippen LogP contribution >= 0.6 is 39.7 Å². The van der Waals surface area contributed by atoms with Crippen LogP contribution in [0.1, 0.15) is 16.5 Å². The highest BCUT2D eigenvalue weighted by atomic mass is 79.9. The van der Waals surface area contributed by atoms with Crippen LogP contribution < -0.4 is 5.32 Å². The van der Waals surface area contributed by atoms with Crippen LogP contribution in [0.2, 0.25) is 0 Å². The minimum absolute atomic E-state index is 0. The smallest absolute Gasteiger partial charge is 0.129 e. The largest absolute Gasteiger partial charge is 0.314 e. The molecular weight excluding hydrogens is 375 g/mol. The number of rotatable bonds is 3. The lowest BCUT2D eigenvalue weighted by Crippen LogP contribution is -2.45.